The van der Waals surface area contributed by atoms with Crippen molar-refractivity contribution in [3.05, 3.63) is 52.9 Å². The highest BCUT2D eigenvalue weighted by molar-refractivity contribution is 6.30. The molecule has 1 N–H and O–H groups in total. The molecule has 0 saturated heterocycles. The number of benzene rings is 1. The van der Waals surface area contributed by atoms with Gasteiger partial charge in [0.25, 0.3) is 5.91 Å². The van der Waals surface area contributed by atoms with E-state index in [2.05, 4.69) is 5.32 Å². The summed E-state index contributed by atoms with van der Waals surface area (Å²) in [5.41, 5.74) is 0. The van der Waals surface area contributed by atoms with Crippen LogP contribution in [0.1, 0.15) is 16.3 Å². The fourth-order valence-electron chi connectivity index (χ4n) is 1.64. The number of halogens is 1. The molecular weight excluding hydrogens is 294 g/mol. The van der Waals surface area contributed by atoms with Gasteiger partial charge in [0.2, 0.25) is 0 Å². The summed E-state index contributed by atoms with van der Waals surface area (Å²) in [6, 6.07) is 10.4. The van der Waals surface area contributed by atoms with E-state index >= 15 is 0 Å². The van der Waals surface area contributed by atoms with E-state index in [9.17, 15) is 4.79 Å². The SMILES string of the molecule is COCCNC(=O)c1ccc(COc2cccc(Cl)c2)o1. The maximum absolute atomic E-state index is 11.7. The third-order valence-electron chi connectivity index (χ3n) is 2.65. The predicted molar refractivity (Wildman–Crippen MR) is 78.7 cm³/mol. The lowest BCUT2D eigenvalue weighted by molar-refractivity contribution is 0.0905. The first-order chi connectivity index (χ1) is 10.2. The van der Waals surface area contributed by atoms with Crippen LogP contribution in [0.2, 0.25) is 5.02 Å². The van der Waals surface area contributed by atoms with Crippen LogP contribution in [-0.2, 0) is 11.3 Å². The molecule has 0 aliphatic rings. The minimum atomic E-state index is -0.277. The molecule has 0 spiro atoms. The summed E-state index contributed by atoms with van der Waals surface area (Å²) < 4.78 is 15.8. The van der Waals surface area contributed by atoms with Gasteiger partial charge in [-0.2, -0.15) is 0 Å². The summed E-state index contributed by atoms with van der Waals surface area (Å²) in [6.45, 7) is 1.12. The van der Waals surface area contributed by atoms with Gasteiger partial charge in [-0.25, -0.2) is 0 Å². The number of rotatable bonds is 7. The van der Waals surface area contributed by atoms with Crippen molar-refractivity contribution >= 4 is 17.5 Å². The number of carbonyl (C=O) groups is 1. The molecule has 0 bridgehead atoms. The second kappa shape index (κ2) is 7.71. The highest BCUT2D eigenvalue weighted by atomic mass is 35.5. The van der Waals surface area contributed by atoms with Crippen molar-refractivity contribution in [1.82, 2.24) is 5.32 Å². The van der Waals surface area contributed by atoms with Gasteiger partial charge in [0.05, 0.1) is 6.61 Å². The number of carbonyl (C=O) groups excluding carboxylic acids is 1. The molecule has 6 heteroatoms. The average molecular weight is 310 g/mol. The standard InChI is InChI=1S/C15H16ClNO4/c1-19-8-7-17-15(18)14-6-5-13(21-14)10-20-12-4-2-3-11(16)9-12/h2-6,9H,7-8,10H2,1H3,(H,17,18). The summed E-state index contributed by atoms with van der Waals surface area (Å²) in [5.74, 6) is 1.17. The van der Waals surface area contributed by atoms with Gasteiger partial charge in [-0.05, 0) is 30.3 Å². The number of nitrogens with one attached hydrogen (secondary N) is 1. The first-order valence-corrected chi connectivity index (χ1v) is 6.81. The monoisotopic (exact) mass is 309 g/mol. The summed E-state index contributed by atoms with van der Waals surface area (Å²) in [5, 5.41) is 3.28. The maximum Gasteiger partial charge on any atom is 0.287 e. The van der Waals surface area contributed by atoms with E-state index in [1.807, 2.05) is 0 Å². The maximum atomic E-state index is 11.7. The number of hydrogen-bond donors (Lipinski definition) is 1. The second-order valence-electron chi connectivity index (χ2n) is 4.26. The third kappa shape index (κ3) is 4.81. The molecule has 2 rings (SSSR count). The highest BCUT2D eigenvalue weighted by Gasteiger charge is 2.10. The Balaban J connectivity index is 1.86. The van der Waals surface area contributed by atoms with Crippen molar-refractivity contribution < 1.29 is 18.7 Å². The quantitative estimate of drug-likeness (QED) is 0.799. The van der Waals surface area contributed by atoms with E-state index in [0.717, 1.165) is 0 Å². The average Bonchev–Trinajstić information content (AvgIpc) is 2.94. The zero-order valence-corrected chi connectivity index (χ0v) is 12.4. The van der Waals surface area contributed by atoms with Gasteiger partial charge in [0.15, 0.2) is 5.76 Å². The number of hydrogen-bond acceptors (Lipinski definition) is 4. The van der Waals surface area contributed by atoms with Crippen molar-refractivity contribution in [3.8, 4) is 5.75 Å². The van der Waals surface area contributed by atoms with Gasteiger partial charge < -0.3 is 19.2 Å². The normalized spacial score (nSPS) is 10.4. The summed E-state index contributed by atoms with van der Waals surface area (Å²) in [4.78, 5) is 11.7. The number of ether oxygens (including phenoxy) is 2. The molecule has 0 aliphatic heterocycles. The van der Waals surface area contributed by atoms with E-state index in [1.54, 1.807) is 43.5 Å². The van der Waals surface area contributed by atoms with E-state index in [1.165, 1.54) is 0 Å². The summed E-state index contributed by atoms with van der Waals surface area (Å²) in [6.07, 6.45) is 0. The lowest BCUT2D eigenvalue weighted by Gasteiger charge is -2.04. The van der Waals surface area contributed by atoms with Crippen LogP contribution in [0.15, 0.2) is 40.8 Å². The van der Waals surface area contributed by atoms with Gasteiger partial charge in [-0.3, -0.25) is 4.79 Å². The molecule has 0 unspecified atom stereocenters. The molecule has 0 aliphatic carbocycles. The van der Waals surface area contributed by atoms with Crippen molar-refractivity contribution in [2.24, 2.45) is 0 Å². The summed E-state index contributed by atoms with van der Waals surface area (Å²) >= 11 is 5.87. The number of amides is 1. The van der Waals surface area contributed by atoms with E-state index in [0.29, 0.717) is 29.7 Å². The van der Waals surface area contributed by atoms with Crippen LogP contribution in [0.5, 0.6) is 5.75 Å². The van der Waals surface area contributed by atoms with Gasteiger partial charge in [0, 0.05) is 18.7 Å². The van der Waals surface area contributed by atoms with E-state index in [-0.39, 0.29) is 18.3 Å². The van der Waals surface area contributed by atoms with Crippen LogP contribution in [0, 0.1) is 0 Å². The number of methoxy groups -OCH3 is 1. The minimum absolute atomic E-state index is 0.228. The van der Waals surface area contributed by atoms with Crippen molar-refractivity contribution in [3.63, 3.8) is 0 Å². The fraction of sp³-hybridized carbons (Fsp3) is 0.267. The van der Waals surface area contributed by atoms with E-state index < -0.39 is 0 Å². The predicted octanol–water partition coefficient (Wildman–Crippen LogP) is 2.89. The van der Waals surface area contributed by atoms with Crippen LogP contribution >= 0.6 is 11.6 Å². The zero-order valence-electron chi connectivity index (χ0n) is 11.6. The Hall–Kier alpha value is -1.98. The van der Waals surface area contributed by atoms with Gasteiger partial charge in [-0.1, -0.05) is 17.7 Å². The Morgan fingerprint density at radius 2 is 2.19 bits per heavy atom. The third-order valence-corrected chi connectivity index (χ3v) is 2.89. The van der Waals surface area contributed by atoms with Crippen molar-refractivity contribution in [2.75, 3.05) is 20.3 Å². The molecule has 1 aromatic carbocycles. The molecule has 1 aromatic heterocycles. The van der Waals surface area contributed by atoms with E-state index in [4.69, 9.17) is 25.5 Å². The molecule has 2 aromatic rings. The topological polar surface area (TPSA) is 60.7 Å². The lowest BCUT2D eigenvalue weighted by Crippen LogP contribution is -2.26. The first-order valence-electron chi connectivity index (χ1n) is 6.43. The summed E-state index contributed by atoms with van der Waals surface area (Å²) in [7, 11) is 1.57. The molecule has 0 saturated carbocycles. The minimum Gasteiger partial charge on any atom is -0.486 e. The van der Waals surface area contributed by atoms with Crippen LogP contribution in [-0.4, -0.2) is 26.2 Å². The number of furan rings is 1. The molecule has 0 atom stereocenters. The molecular formula is C15H16ClNO4. The Kier molecular flexibility index (Phi) is 5.66. The van der Waals surface area contributed by atoms with Crippen LogP contribution in [0.25, 0.3) is 0 Å². The Labute approximate surface area is 127 Å². The van der Waals surface area contributed by atoms with Crippen LogP contribution < -0.4 is 10.1 Å². The molecule has 0 radical (unpaired) electrons. The van der Waals surface area contributed by atoms with Crippen molar-refractivity contribution in [1.29, 1.82) is 0 Å². The lowest BCUT2D eigenvalue weighted by atomic mass is 10.3. The fourth-order valence-corrected chi connectivity index (χ4v) is 1.82. The molecule has 5 nitrogen and oxygen atoms in total. The Morgan fingerprint density at radius 1 is 1.33 bits per heavy atom. The zero-order chi connectivity index (χ0) is 15.1. The molecule has 1 amide bonds. The molecule has 0 fully saturated rings. The smallest absolute Gasteiger partial charge is 0.287 e. The largest absolute Gasteiger partial charge is 0.486 e. The van der Waals surface area contributed by atoms with Crippen LogP contribution in [0.3, 0.4) is 0 Å². The van der Waals surface area contributed by atoms with Gasteiger partial charge in [-0.15, -0.1) is 0 Å². The molecule has 112 valence electrons. The highest BCUT2D eigenvalue weighted by Crippen LogP contribution is 2.19. The van der Waals surface area contributed by atoms with Gasteiger partial charge in [0.1, 0.15) is 18.1 Å². The van der Waals surface area contributed by atoms with Crippen LogP contribution in [0.4, 0.5) is 0 Å². The van der Waals surface area contributed by atoms with Gasteiger partial charge >= 0.3 is 0 Å². The second-order valence-corrected chi connectivity index (χ2v) is 4.70. The Morgan fingerprint density at radius 3 is 2.95 bits per heavy atom. The Bertz CT molecular complexity index is 597. The molecule has 21 heavy (non-hydrogen) atoms. The molecule has 1 heterocycles. The first kappa shape index (κ1) is 15.4. The van der Waals surface area contributed by atoms with Crippen molar-refractivity contribution in [2.45, 2.75) is 6.61 Å².